The van der Waals surface area contributed by atoms with Crippen molar-refractivity contribution in [3.05, 3.63) is 58.8 Å². The van der Waals surface area contributed by atoms with Crippen molar-refractivity contribution >= 4 is 28.9 Å². The van der Waals surface area contributed by atoms with E-state index in [1.54, 1.807) is 18.4 Å². The Morgan fingerprint density at radius 1 is 1.21 bits per heavy atom. The van der Waals surface area contributed by atoms with Crippen molar-refractivity contribution in [3.8, 4) is 0 Å². The molecule has 7 heteroatoms. The van der Waals surface area contributed by atoms with Gasteiger partial charge in [-0.25, -0.2) is 4.39 Å². The van der Waals surface area contributed by atoms with Crippen LogP contribution >= 0.6 is 23.8 Å². The third-order valence-corrected chi connectivity index (χ3v) is 5.87. The summed E-state index contributed by atoms with van der Waals surface area (Å²) in [7, 11) is 0. The molecule has 1 aromatic heterocycles. The highest BCUT2D eigenvalue weighted by molar-refractivity contribution is 7.80. The van der Waals surface area contributed by atoms with E-state index in [-0.39, 0.29) is 29.5 Å². The lowest BCUT2D eigenvalue weighted by Crippen LogP contribution is -2.62. The van der Waals surface area contributed by atoms with Crippen LogP contribution in [0.1, 0.15) is 51.9 Å². The average Bonchev–Trinajstić information content (AvgIpc) is 3.07. The third kappa shape index (κ3) is 5.93. The molecule has 4 nitrogen and oxygen atoms in total. The Balaban J connectivity index is 1.79. The van der Waals surface area contributed by atoms with Crippen molar-refractivity contribution < 1.29 is 8.81 Å². The van der Waals surface area contributed by atoms with E-state index in [2.05, 4.69) is 38.3 Å². The van der Waals surface area contributed by atoms with Gasteiger partial charge in [0, 0.05) is 34.3 Å². The third-order valence-electron chi connectivity index (χ3n) is 5.14. The van der Waals surface area contributed by atoms with Gasteiger partial charge in [0.2, 0.25) is 0 Å². The Kier molecular flexibility index (Phi) is 6.56. The summed E-state index contributed by atoms with van der Waals surface area (Å²) in [6.07, 6.45) is 3.50. The van der Waals surface area contributed by atoms with Crippen LogP contribution in [0.2, 0.25) is 5.02 Å². The van der Waals surface area contributed by atoms with Gasteiger partial charge in [-0.2, -0.15) is 0 Å². The van der Waals surface area contributed by atoms with E-state index in [0.29, 0.717) is 22.2 Å². The quantitative estimate of drug-likeness (QED) is 0.624. The molecule has 1 aliphatic heterocycles. The summed E-state index contributed by atoms with van der Waals surface area (Å²) in [5, 5.41) is 8.15. The molecule has 0 radical (unpaired) electrons. The summed E-state index contributed by atoms with van der Waals surface area (Å²) >= 11 is 12.0. The maximum absolute atomic E-state index is 14.4. The molecule has 1 aromatic carbocycles. The maximum atomic E-state index is 14.4. The highest BCUT2D eigenvalue weighted by Gasteiger charge is 2.38. The van der Waals surface area contributed by atoms with Gasteiger partial charge in [-0.05, 0) is 77.0 Å². The molecule has 0 aliphatic carbocycles. The molecule has 0 atom stereocenters. The Bertz CT molecular complexity index is 817. The largest absolute Gasteiger partial charge is 0.467 e. The van der Waals surface area contributed by atoms with E-state index in [4.69, 9.17) is 28.2 Å². The second-order valence-electron chi connectivity index (χ2n) is 9.08. The van der Waals surface area contributed by atoms with Crippen LogP contribution in [0.25, 0.3) is 0 Å². The summed E-state index contributed by atoms with van der Waals surface area (Å²) in [4.78, 5) is 1.90. The minimum atomic E-state index is -0.339. The number of nitrogens with zero attached hydrogens (tertiary/aromatic N) is 1. The van der Waals surface area contributed by atoms with E-state index < -0.39 is 0 Å². The molecule has 0 unspecified atom stereocenters. The highest BCUT2D eigenvalue weighted by Crippen LogP contribution is 2.29. The van der Waals surface area contributed by atoms with Gasteiger partial charge in [-0.15, -0.1) is 0 Å². The summed E-state index contributed by atoms with van der Waals surface area (Å²) in [6, 6.07) is 8.64. The fourth-order valence-corrected chi connectivity index (χ4v) is 4.87. The van der Waals surface area contributed by atoms with Gasteiger partial charge in [0.1, 0.15) is 11.6 Å². The van der Waals surface area contributed by atoms with Crippen LogP contribution in [0.4, 0.5) is 4.39 Å². The molecular formula is C22H29ClFN3OS. The van der Waals surface area contributed by atoms with Crippen LogP contribution in [0.15, 0.2) is 41.0 Å². The van der Waals surface area contributed by atoms with E-state index in [1.165, 1.54) is 6.07 Å². The van der Waals surface area contributed by atoms with Crippen molar-refractivity contribution in [2.75, 3.05) is 0 Å². The topological polar surface area (TPSA) is 40.4 Å². The van der Waals surface area contributed by atoms with Crippen LogP contribution in [0.5, 0.6) is 0 Å². The summed E-state index contributed by atoms with van der Waals surface area (Å²) in [5.41, 5.74) is 0.418. The number of furan rings is 1. The summed E-state index contributed by atoms with van der Waals surface area (Å²) in [5.74, 6) is 0.418. The number of rotatable bonds is 5. The Morgan fingerprint density at radius 2 is 1.90 bits per heavy atom. The molecule has 3 rings (SSSR count). The van der Waals surface area contributed by atoms with Crippen LogP contribution in [0.3, 0.4) is 0 Å². The first-order chi connectivity index (χ1) is 13.5. The molecule has 0 spiro atoms. The van der Waals surface area contributed by atoms with Gasteiger partial charge in [-0.1, -0.05) is 17.7 Å². The first-order valence-electron chi connectivity index (χ1n) is 9.85. The molecule has 0 amide bonds. The van der Waals surface area contributed by atoms with E-state index in [1.807, 2.05) is 17.0 Å². The lowest BCUT2D eigenvalue weighted by molar-refractivity contribution is 0.153. The number of halogens is 2. The van der Waals surface area contributed by atoms with Gasteiger partial charge >= 0.3 is 0 Å². The predicted molar refractivity (Wildman–Crippen MR) is 119 cm³/mol. The lowest BCUT2D eigenvalue weighted by atomic mass is 9.80. The molecule has 2 N–H and O–H groups in total. The molecule has 1 aliphatic rings. The van der Waals surface area contributed by atoms with Gasteiger partial charge in [0.15, 0.2) is 5.11 Å². The fraction of sp³-hybridized carbons (Fsp3) is 0.500. The van der Waals surface area contributed by atoms with Crippen molar-refractivity contribution in [3.63, 3.8) is 0 Å². The lowest BCUT2D eigenvalue weighted by Gasteiger charge is -2.47. The van der Waals surface area contributed by atoms with Crippen molar-refractivity contribution in [1.82, 2.24) is 15.5 Å². The number of hydrogen-bond donors (Lipinski definition) is 2. The van der Waals surface area contributed by atoms with Crippen molar-refractivity contribution in [2.45, 2.75) is 70.7 Å². The Labute approximate surface area is 182 Å². The monoisotopic (exact) mass is 437 g/mol. The van der Waals surface area contributed by atoms with E-state index >= 15 is 0 Å². The molecule has 0 bridgehead atoms. The van der Waals surface area contributed by atoms with Gasteiger partial charge in [-0.3, -0.25) is 0 Å². The molecule has 2 heterocycles. The van der Waals surface area contributed by atoms with Crippen molar-refractivity contribution in [1.29, 1.82) is 0 Å². The first-order valence-corrected chi connectivity index (χ1v) is 10.6. The van der Waals surface area contributed by atoms with Gasteiger partial charge in [0.25, 0.3) is 0 Å². The smallest absolute Gasteiger partial charge is 0.169 e. The number of nitrogens with one attached hydrogen (secondary N) is 2. The predicted octanol–water partition coefficient (Wildman–Crippen LogP) is 5.26. The normalized spacial score (nSPS) is 18.4. The first kappa shape index (κ1) is 22.1. The summed E-state index contributed by atoms with van der Waals surface area (Å²) in [6.45, 7) is 9.49. The zero-order valence-electron chi connectivity index (χ0n) is 17.4. The maximum Gasteiger partial charge on any atom is 0.169 e. The van der Waals surface area contributed by atoms with Gasteiger partial charge < -0.3 is 20.0 Å². The molecule has 1 fully saturated rings. The number of hydrogen-bond acceptors (Lipinski definition) is 3. The second kappa shape index (κ2) is 8.62. The highest BCUT2D eigenvalue weighted by atomic mass is 35.5. The Morgan fingerprint density at radius 3 is 2.48 bits per heavy atom. The van der Waals surface area contributed by atoms with E-state index in [0.717, 1.165) is 18.6 Å². The number of thiocarbonyl (C=S) groups is 1. The fourth-order valence-electron chi connectivity index (χ4n) is 4.35. The zero-order chi connectivity index (χ0) is 21.2. The standard InChI is InChI=1S/C22H29ClFN3OS/c1-21(2)11-15(12-22(3,4)26-21)25-20(29)27(13-16-7-6-10-28-16)14-17-18(23)8-5-9-19(17)24/h5-10,15,26H,11-14H2,1-4H3,(H,25,29). The summed E-state index contributed by atoms with van der Waals surface area (Å²) < 4.78 is 19.9. The number of benzene rings is 1. The average molecular weight is 438 g/mol. The zero-order valence-corrected chi connectivity index (χ0v) is 19.0. The Hall–Kier alpha value is -1.63. The minimum absolute atomic E-state index is 0.00425. The molecule has 29 heavy (non-hydrogen) atoms. The minimum Gasteiger partial charge on any atom is -0.467 e. The van der Waals surface area contributed by atoms with Crippen LogP contribution in [-0.2, 0) is 13.1 Å². The van der Waals surface area contributed by atoms with Crippen LogP contribution in [0, 0.1) is 5.82 Å². The SMILES string of the molecule is CC1(C)CC(NC(=S)N(Cc2ccco2)Cc2c(F)cccc2Cl)CC(C)(C)N1. The van der Waals surface area contributed by atoms with Crippen molar-refractivity contribution in [2.24, 2.45) is 0 Å². The molecular weight excluding hydrogens is 409 g/mol. The molecule has 0 saturated carbocycles. The molecule has 1 saturated heterocycles. The molecule has 158 valence electrons. The molecule has 2 aromatic rings. The van der Waals surface area contributed by atoms with E-state index in [9.17, 15) is 4.39 Å². The number of piperidine rings is 1. The van der Waals surface area contributed by atoms with Crippen LogP contribution in [-0.4, -0.2) is 27.1 Å². The second-order valence-corrected chi connectivity index (χ2v) is 9.88. The van der Waals surface area contributed by atoms with Crippen LogP contribution < -0.4 is 10.6 Å². The van der Waals surface area contributed by atoms with Gasteiger partial charge in [0.05, 0.1) is 12.8 Å².